The molecule has 3 rings (SSSR count). The van der Waals surface area contributed by atoms with Crippen LogP contribution in [0.3, 0.4) is 0 Å². The highest BCUT2D eigenvalue weighted by Crippen LogP contribution is 2.18. The minimum atomic E-state index is -0.486. The summed E-state index contributed by atoms with van der Waals surface area (Å²) in [4.78, 5) is 29.0. The Labute approximate surface area is 184 Å². The highest BCUT2D eigenvalue weighted by atomic mass is 16.5. The number of pyridine rings is 1. The van der Waals surface area contributed by atoms with Gasteiger partial charge in [0, 0.05) is 18.9 Å². The van der Waals surface area contributed by atoms with Crippen LogP contribution in [0.25, 0.3) is 0 Å². The third kappa shape index (κ3) is 7.15. The van der Waals surface area contributed by atoms with Crippen molar-refractivity contribution in [2.45, 2.75) is 38.8 Å². The summed E-state index contributed by atoms with van der Waals surface area (Å²) < 4.78 is 5.05. The molecule has 166 valence electrons. The molecule has 1 aromatic carbocycles. The van der Waals surface area contributed by atoms with Crippen LogP contribution < -0.4 is 16.0 Å². The van der Waals surface area contributed by atoms with Crippen LogP contribution in [0.15, 0.2) is 48.8 Å². The zero-order valence-corrected chi connectivity index (χ0v) is 18.1. The lowest BCUT2D eigenvalue weighted by Crippen LogP contribution is -2.38. The number of ether oxygens (including phenoxy) is 1. The molecular weight excluding hydrogens is 392 g/mol. The lowest BCUT2D eigenvalue weighted by atomic mass is 9.94. The molecule has 1 aliphatic rings. The Balaban J connectivity index is 1.65. The standard InChI is InChI=1S/C24H32N4O3/c1-2-31-24(30)21-5-3-20(4-6-21)22(27-16-11-18-7-12-25-13-8-18)23(29)28-17-19-9-14-26-15-10-19/h3-6,9-10,14-15,18,22,25,27H,2,7-8,11-13,16-17H2,1H3,(H,28,29). The van der Waals surface area contributed by atoms with E-state index in [2.05, 4.69) is 20.9 Å². The second-order valence-electron chi connectivity index (χ2n) is 7.78. The van der Waals surface area contributed by atoms with E-state index < -0.39 is 6.04 Å². The fraction of sp³-hybridized carbons (Fsp3) is 0.458. The van der Waals surface area contributed by atoms with Crippen molar-refractivity contribution in [3.05, 3.63) is 65.5 Å². The fourth-order valence-corrected chi connectivity index (χ4v) is 3.78. The molecule has 1 unspecified atom stereocenters. The Kier molecular flexibility index (Phi) is 8.99. The SMILES string of the molecule is CCOC(=O)c1ccc(C(NCCC2CCNCC2)C(=O)NCc2ccncc2)cc1. The Hall–Kier alpha value is -2.77. The molecule has 1 aliphatic heterocycles. The Morgan fingerprint density at radius 2 is 1.84 bits per heavy atom. The Bertz CT molecular complexity index is 820. The third-order valence-electron chi connectivity index (χ3n) is 5.59. The van der Waals surface area contributed by atoms with Crippen molar-refractivity contribution in [2.24, 2.45) is 5.92 Å². The molecule has 0 spiro atoms. The maximum atomic E-state index is 13.0. The number of piperidine rings is 1. The predicted molar refractivity (Wildman–Crippen MR) is 119 cm³/mol. The topological polar surface area (TPSA) is 92.4 Å². The number of carbonyl (C=O) groups is 2. The van der Waals surface area contributed by atoms with E-state index in [-0.39, 0.29) is 11.9 Å². The molecule has 7 heteroatoms. The van der Waals surface area contributed by atoms with Crippen LogP contribution in [0.5, 0.6) is 0 Å². The third-order valence-corrected chi connectivity index (χ3v) is 5.59. The van der Waals surface area contributed by atoms with Gasteiger partial charge in [-0.05, 0) is 87.1 Å². The number of amides is 1. The molecule has 31 heavy (non-hydrogen) atoms. The number of hydrogen-bond donors (Lipinski definition) is 3. The maximum Gasteiger partial charge on any atom is 0.338 e. The zero-order valence-electron chi connectivity index (χ0n) is 18.1. The zero-order chi connectivity index (χ0) is 21.9. The van der Waals surface area contributed by atoms with Crippen LogP contribution in [-0.4, -0.2) is 43.1 Å². The van der Waals surface area contributed by atoms with Crippen molar-refractivity contribution in [1.82, 2.24) is 20.9 Å². The van der Waals surface area contributed by atoms with Gasteiger partial charge in [0.05, 0.1) is 12.2 Å². The van der Waals surface area contributed by atoms with Gasteiger partial charge in [0.2, 0.25) is 5.91 Å². The molecule has 1 fully saturated rings. The predicted octanol–water partition coefficient (Wildman–Crippen LogP) is 2.60. The summed E-state index contributed by atoms with van der Waals surface area (Å²) in [6.45, 7) is 5.44. The van der Waals surface area contributed by atoms with Crippen molar-refractivity contribution in [3.8, 4) is 0 Å². The molecule has 1 aromatic heterocycles. The van der Waals surface area contributed by atoms with E-state index in [9.17, 15) is 9.59 Å². The quantitative estimate of drug-likeness (QED) is 0.508. The first kappa shape index (κ1) is 22.9. The Morgan fingerprint density at radius 1 is 1.13 bits per heavy atom. The second kappa shape index (κ2) is 12.2. The molecule has 2 heterocycles. The molecule has 0 bridgehead atoms. The van der Waals surface area contributed by atoms with Crippen LogP contribution in [-0.2, 0) is 16.1 Å². The summed E-state index contributed by atoms with van der Waals surface area (Å²) in [7, 11) is 0. The van der Waals surface area contributed by atoms with E-state index in [1.54, 1.807) is 31.5 Å². The first-order chi connectivity index (χ1) is 15.2. The van der Waals surface area contributed by atoms with Gasteiger partial charge in [0.15, 0.2) is 0 Å². The lowest BCUT2D eigenvalue weighted by Gasteiger charge is -2.24. The smallest absolute Gasteiger partial charge is 0.338 e. The first-order valence-electron chi connectivity index (χ1n) is 11.0. The van der Waals surface area contributed by atoms with E-state index in [0.717, 1.165) is 37.2 Å². The molecule has 1 saturated heterocycles. The van der Waals surface area contributed by atoms with Gasteiger partial charge in [-0.25, -0.2) is 4.79 Å². The van der Waals surface area contributed by atoms with E-state index in [1.165, 1.54) is 12.8 Å². The van der Waals surface area contributed by atoms with Gasteiger partial charge >= 0.3 is 5.97 Å². The van der Waals surface area contributed by atoms with Crippen molar-refractivity contribution < 1.29 is 14.3 Å². The van der Waals surface area contributed by atoms with Gasteiger partial charge in [0.25, 0.3) is 0 Å². The summed E-state index contributed by atoms with van der Waals surface area (Å²) in [5.74, 6) is 0.234. The van der Waals surface area contributed by atoms with Crippen molar-refractivity contribution in [1.29, 1.82) is 0 Å². The number of aromatic nitrogens is 1. The summed E-state index contributed by atoms with van der Waals surface area (Å²) in [5.41, 5.74) is 2.30. The van der Waals surface area contributed by atoms with Crippen molar-refractivity contribution >= 4 is 11.9 Å². The highest BCUT2D eigenvalue weighted by Gasteiger charge is 2.21. The highest BCUT2D eigenvalue weighted by molar-refractivity contribution is 5.90. The largest absolute Gasteiger partial charge is 0.462 e. The van der Waals surface area contributed by atoms with Gasteiger partial charge in [-0.1, -0.05) is 12.1 Å². The number of benzene rings is 1. The number of nitrogens with zero attached hydrogens (tertiary/aromatic N) is 1. The normalized spacial score (nSPS) is 15.3. The van der Waals surface area contributed by atoms with Gasteiger partial charge < -0.3 is 20.7 Å². The van der Waals surface area contributed by atoms with E-state index in [4.69, 9.17) is 4.74 Å². The van der Waals surface area contributed by atoms with Gasteiger partial charge in [-0.15, -0.1) is 0 Å². The van der Waals surface area contributed by atoms with Crippen LogP contribution in [0.2, 0.25) is 0 Å². The molecule has 1 atom stereocenters. The molecule has 3 N–H and O–H groups in total. The Morgan fingerprint density at radius 3 is 2.52 bits per heavy atom. The van der Waals surface area contributed by atoms with Crippen LogP contribution in [0.1, 0.15) is 53.7 Å². The number of hydrogen-bond acceptors (Lipinski definition) is 6. The molecule has 2 aromatic rings. The van der Waals surface area contributed by atoms with Crippen molar-refractivity contribution in [3.63, 3.8) is 0 Å². The summed E-state index contributed by atoms with van der Waals surface area (Å²) in [6.07, 6.45) is 6.81. The molecule has 7 nitrogen and oxygen atoms in total. The minimum absolute atomic E-state index is 0.0917. The number of nitrogens with one attached hydrogen (secondary N) is 3. The maximum absolute atomic E-state index is 13.0. The average molecular weight is 425 g/mol. The van der Waals surface area contributed by atoms with E-state index >= 15 is 0 Å². The summed E-state index contributed by atoms with van der Waals surface area (Å²) >= 11 is 0. The fourth-order valence-electron chi connectivity index (χ4n) is 3.78. The molecule has 0 aliphatic carbocycles. The van der Waals surface area contributed by atoms with E-state index in [0.29, 0.717) is 24.6 Å². The second-order valence-corrected chi connectivity index (χ2v) is 7.78. The van der Waals surface area contributed by atoms with Crippen LogP contribution in [0.4, 0.5) is 0 Å². The number of rotatable bonds is 10. The van der Waals surface area contributed by atoms with Gasteiger partial charge in [0.1, 0.15) is 6.04 Å². The monoisotopic (exact) mass is 424 g/mol. The van der Waals surface area contributed by atoms with E-state index in [1.807, 2.05) is 24.3 Å². The lowest BCUT2D eigenvalue weighted by molar-refractivity contribution is -0.123. The molecule has 0 saturated carbocycles. The van der Waals surface area contributed by atoms with Crippen LogP contribution >= 0.6 is 0 Å². The minimum Gasteiger partial charge on any atom is -0.462 e. The average Bonchev–Trinajstić information content (AvgIpc) is 2.82. The molecular formula is C24H32N4O3. The van der Waals surface area contributed by atoms with Crippen molar-refractivity contribution in [2.75, 3.05) is 26.2 Å². The summed E-state index contributed by atoms with van der Waals surface area (Å²) in [5, 5.41) is 9.83. The molecule has 0 radical (unpaired) electrons. The first-order valence-corrected chi connectivity index (χ1v) is 11.0. The molecule has 1 amide bonds. The van der Waals surface area contributed by atoms with Gasteiger partial charge in [-0.3, -0.25) is 9.78 Å². The van der Waals surface area contributed by atoms with Crippen LogP contribution in [0, 0.1) is 5.92 Å². The van der Waals surface area contributed by atoms with Gasteiger partial charge in [-0.2, -0.15) is 0 Å². The number of esters is 1. The number of carbonyl (C=O) groups excluding carboxylic acids is 2. The summed E-state index contributed by atoms with van der Waals surface area (Å²) in [6, 6.07) is 10.3.